The van der Waals surface area contributed by atoms with Crippen molar-refractivity contribution in [2.24, 2.45) is 11.7 Å². The van der Waals surface area contributed by atoms with Crippen molar-refractivity contribution in [2.75, 3.05) is 7.11 Å². The third-order valence-electron chi connectivity index (χ3n) is 3.96. The van der Waals surface area contributed by atoms with Gasteiger partial charge in [-0.2, -0.15) is 0 Å². The van der Waals surface area contributed by atoms with Gasteiger partial charge in [0.05, 0.1) is 7.11 Å². The minimum Gasteiger partial charge on any atom is -0.496 e. The summed E-state index contributed by atoms with van der Waals surface area (Å²) in [5.41, 5.74) is 8.78. The molecule has 1 fully saturated rings. The lowest BCUT2D eigenvalue weighted by Crippen LogP contribution is -2.30. The summed E-state index contributed by atoms with van der Waals surface area (Å²) in [7, 11) is 1.74. The number of para-hydroxylation sites is 1. The second-order valence-corrected chi connectivity index (χ2v) is 5.18. The standard InChI is InChI=1S/C15H23NO/c1-11-6-5-9-13(15(11)17-2)10-14(16)12-7-3-4-8-12/h5-6,9,12,14H,3-4,7-8,10,16H2,1-2H3. The number of hydrogen-bond donors (Lipinski definition) is 1. The molecule has 0 bridgehead atoms. The normalized spacial score (nSPS) is 18.3. The van der Waals surface area contributed by atoms with Gasteiger partial charge in [0.1, 0.15) is 5.75 Å². The van der Waals surface area contributed by atoms with E-state index >= 15 is 0 Å². The van der Waals surface area contributed by atoms with Crippen molar-refractivity contribution in [3.63, 3.8) is 0 Å². The van der Waals surface area contributed by atoms with E-state index in [0.717, 1.165) is 12.2 Å². The van der Waals surface area contributed by atoms with Crippen molar-refractivity contribution in [3.8, 4) is 5.75 Å². The lowest BCUT2D eigenvalue weighted by Gasteiger charge is -2.20. The highest BCUT2D eigenvalue weighted by Gasteiger charge is 2.23. The molecule has 0 radical (unpaired) electrons. The van der Waals surface area contributed by atoms with Crippen LogP contribution in [0.2, 0.25) is 0 Å². The Hall–Kier alpha value is -1.02. The molecule has 1 aliphatic carbocycles. The van der Waals surface area contributed by atoms with Crippen LogP contribution in [-0.2, 0) is 6.42 Å². The minimum absolute atomic E-state index is 0.285. The maximum Gasteiger partial charge on any atom is 0.125 e. The van der Waals surface area contributed by atoms with E-state index in [0.29, 0.717) is 5.92 Å². The van der Waals surface area contributed by atoms with E-state index in [4.69, 9.17) is 10.5 Å². The summed E-state index contributed by atoms with van der Waals surface area (Å²) in [6.45, 7) is 2.09. The van der Waals surface area contributed by atoms with Crippen LogP contribution in [0.4, 0.5) is 0 Å². The molecular formula is C15H23NO. The molecule has 17 heavy (non-hydrogen) atoms. The first kappa shape index (κ1) is 12.4. The van der Waals surface area contributed by atoms with Gasteiger partial charge in [-0.3, -0.25) is 0 Å². The van der Waals surface area contributed by atoms with Gasteiger partial charge in [-0.25, -0.2) is 0 Å². The Labute approximate surface area is 104 Å². The minimum atomic E-state index is 0.285. The maximum absolute atomic E-state index is 6.33. The van der Waals surface area contributed by atoms with E-state index in [2.05, 4.69) is 25.1 Å². The first-order valence-corrected chi connectivity index (χ1v) is 6.60. The van der Waals surface area contributed by atoms with Crippen LogP contribution in [0.3, 0.4) is 0 Å². The fourth-order valence-corrected chi connectivity index (χ4v) is 2.97. The van der Waals surface area contributed by atoms with E-state index in [1.807, 2.05) is 0 Å². The third kappa shape index (κ3) is 2.81. The molecule has 2 nitrogen and oxygen atoms in total. The fourth-order valence-electron chi connectivity index (χ4n) is 2.97. The fraction of sp³-hybridized carbons (Fsp3) is 0.600. The van der Waals surface area contributed by atoms with Crippen LogP contribution in [0, 0.1) is 12.8 Å². The molecule has 94 valence electrons. The zero-order chi connectivity index (χ0) is 12.3. The van der Waals surface area contributed by atoms with Crippen molar-refractivity contribution in [1.82, 2.24) is 0 Å². The van der Waals surface area contributed by atoms with Gasteiger partial charge in [0.2, 0.25) is 0 Å². The number of aryl methyl sites for hydroxylation is 1. The number of methoxy groups -OCH3 is 1. The average molecular weight is 233 g/mol. The monoisotopic (exact) mass is 233 g/mol. The Kier molecular flexibility index (Phi) is 4.06. The van der Waals surface area contributed by atoms with Crippen LogP contribution in [0.25, 0.3) is 0 Å². The molecule has 1 saturated carbocycles. The molecule has 2 N–H and O–H groups in total. The van der Waals surface area contributed by atoms with E-state index in [9.17, 15) is 0 Å². The highest BCUT2D eigenvalue weighted by atomic mass is 16.5. The van der Waals surface area contributed by atoms with Crippen molar-refractivity contribution in [2.45, 2.75) is 45.1 Å². The molecule has 2 rings (SSSR count). The van der Waals surface area contributed by atoms with Crippen molar-refractivity contribution in [1.29, 1.82) is 0 Å². The molecule has 1 aromatic rings. The lowest BCUT2D eigenvalue weighted by molar-refractivity contribution is 0.392. The van der Waals surface area contributed by atoms with Crippen molar-refractivity contribution >= 4 is 0 Å². The van der Waals surface area contributed by atoms with Gasteiger partial charge in [-0.1, -0.05) is 31.0 Å². The van der Waals surface area contributed by atoms with Crippen LogP contribution < -0.4 is 10.5 Å². The Bertz CT molecular complexity index is 369. The maximum atomic E-state index is 6.33. The van der Waals surface area contributed by atoms with E-state index in [1.54, 1.807) is 7.11 Å². The first-order chi connectivity index (χ1) is 8.22. The van der Waals surface area contributed by atoms with Gasteiger partial charge < -0.3 is 10.5 Å². The topological polar surface area (TPSA) is 35.2 Å². The Morgan fingerprint density at radius 3 is 2.71 bits per heavy atom. The number of nitrogens with two attached hydrogens (primary N) is 1. The molecule has 0 amide bonds. The summed E-state index contributed by atoms with van der Waals surface area (Å²) in [4.78, 5) is 0. The van der Waals surface area contributed by atoms with Gasteiger partial charge in [0.25, 0.3) is 0 Å². The van der Waals surface area contributed by atoms with Crippen molar-refractivity contribution in [3.05, 3.63) is 29.3 Å². The van der Waals surface area contributed by atoms with Crippen LogP contribution in [0.5, 0.6) is 5.75 Å². The van der Waals surface area contributed by atoms with Crippen LogP contribution >= 0.6 is 0 Å². The molecular weight excluding hydrogens is 210 g/mol. The van der Waals surface area contributed by atoms with Gasteiger partial charge in [-0.05, 0) is 43.2 Å². The molecule has 0 aliphatic heterocycles. The Balaban J connectivity index is 2.09. The molecule has 0 aromatic heterocycles. The summed E-state index contributed by atoms with van der Waals surface area (Å²) >= 11 is 0. The molecule has 2 heteroatoms. The zero-order valence-corrected chi connectivity index (χ0v) is 10.9. The molecule has 0 spiro atoms. The van der Waals surface area contributed by atoms with E-state index < -0.39 is 0 Å². The highest BCUT2D eigenvalue weighted by Crippen LogP contribution is 2.30. The van der Waals surface area contributed by atoms with Gasteiger partial charge in [0.15, 0.2) is 0 Å². The Morgan fingerprint density at radius 1 is 1.35 bits per heavy atom. The quantitative estimate of drug-likeness (QED) is 0.867. The number of hydrogen-bond acceptors (Lipinski definition) is 2. The average Bonchev–Trinajstić information content (AvgIpc) is 2.82. The molecule has 0 heterocycles. The van der Waals surface area contributed by atoms with E-state index in [-0.39, 0.29) is 6.04 Å². The predicted molar refractivity (Wildman–Crippen MR) is 71.4 cm³/mol. The molecule has 1 aromatic carbocycles. The second kappa shape index (κ2) is 5.54. The first-order valence-electron chi connectivity index (χ1n) is 6.60. The van der Waals surface area contributed by atoms with E-state index in [1.165, 1.54) is 36.8 Å². The van der Waals surface area contributed by atoms with Gasteiger partial charge in [-0.15, -0.1) is 0 Å². The molecule has 1 aliphatic rings. The van der Waals surface area contributed by atoms with Gasteiger partial charge >= 0.3 is 0 Å². The molecule has 1 unspecified atom stereocenters. The molecule has 0 saturated heterocycles. The van der Waals surface area contributed by atoms with Crippen LogP contribution in [0.1, 0.15) is 36.8 Å². The number of rotatable bonds is 4. The zero-order valence-electron chi connectivity index (χ0n) is 10.9. The largest absolute Gasteiger partial charge is 0.496 e. The summed E-state index contributed by atoms with van der Waals surface area (Å²) < 4.78 is 5.48. The summed E-state index contributed by atoms with van der Waals surface area (Å²) in [6.07, 6.45) is 6.24. The summed E-state index contributed by atoms with van der Waals surface area (Å²) in [5.74, 6) is 1.72. The summed E-state index contributed by atoms with van der Waals surface area (Å²) in [6, 6.07) is 6.60. The Morgan fingerprint density at radius 2 is 2.06 bits per heavy atom. The van der Waals surface area contributed by atoms with Crippen LogP contribution in [-0.4, -0.2) is 13.2 Å². The summed E-state index contributed by atoms with van der Waals surface area (Å²) in [5, 5.41) is 0. The number of ether oxygens (including phenoxy) is 1. The SMILES string of the molecule is COc1c(C)cccc1CC(N)C1CCCC1. The highest BCUT2D eigenvalue weighted by molar-refractivity contribution is 5.41. The third-order valence-corrected chi connectivity index (χ3v) is 3.96. The predicted octanol–water partition coefficient (Wildman–Crippen LogP) is 3.06. The number of benzene rings is 1. The molecule has 1 atom stereocenters. The van der Waals surface area contributed by atoms with Gasteiger partial charge in [0, 0.05) is 6.04 Å². The van der Waals surface area contributed by atoms with Crippen LogP contribution in [0.15, 0.2) is 18.2 Å². The lowest BCUT2D eigenvalue weighted by atomic mass is 9.92. The second-order valence-electron chi connectivity index (χ2n) is 5.18. The smallest absolute Gasteiger partial charge is 0.125 e. The van der Waals surface area contributed by atoms with Crippen molar-refractivity contribution < 1.29 is 4.74 Å².